The molecule has 0 aromatic heterocycles. The molecular weight excluding hydrogens is 472 g/mol. The van der Waals surface area contributed by atoms with Gasteiger partial charge in [-0.25, -0.2) is 0 Å². The SMILES string of the molecule is Cc1cc(C)c(-c2cccc(CN(C)CCCN(C)Cc3cccc(-c4c(C)cc(C)cc4C)c3)c2)c(C)c1. The van der Waals surface area contributed by atoms with E-state index in [1.165, 1.54) is 66.8 Å². The van der Waals surface area contributed by atoms with Gasteiger partial charge in [-0.05, 0) is 143 Å². The Morgan fingerprint density at radius 2 is 0.846 bits per heavy atom. The summed E-state index contributed by atoms with van der Waals surface area (Å²) < 4.78 is 0. The minimum atomic E-state index is 0.971. The zero-order valence-electron chi connectivity index (χ0n) is 25.4. The smallest absolute Gasteiger partial charge is 0.0230 e. The van der Waals surface area contributed by atoms with E-state index in [-0.39, 0.29) is 0 Å². The lowest BCUT2D eigenvalue weighted by molar-refractivity contribution is 0.270. The van der Waals surface area contributed by atoms with Crippen LogP contribution in [-0.2, 0) is 13.1 Å². The van der Waals surface area contributed by atoms with Gasteiger partial charge in [0.2, 0.25) is 0 Å². The van der Waals surface area contributed by atoms with Crippen LogP contribution in [-0.4, -0.2) is 37.0 Å². The molecular formula is C37H46N2. The molecule has 0 heterocycles. The summed E-state index contributed by atoms with van der Waals surface area (Å²) in [6.45, 7) is 17.4. The van der Waals surface area contributed by atoms with Gasteiger partial charge in [0.15, 0.2) is 0 Å². The standard InChI is InChI=1S/C37H46N2/c1-26-18-28(3)36(29(4)19-26)34-14-9-12-32(22-34)24-38(7)16-11-17-39(8)25-33-13-10-15-35(23-33)37-30(5)20-27(2)21-31(37)6/h9-10,12-15,18-23H,11,16-17,24-25H2,1-8H3. The van der Waals surface area contributed by atoms with Gasteiger partial charge in [-0.1, -0.05) is 71.8 Å². The van der Waals surface area contributed by atoms with Crippen LogP contribution in [0.1, 0.15) is 50.9 Å². The second-order valence-electron chi connectivity index (χ2n) is 11.8. The Labute approximate surface area is 237 Å². The number of rotatable bonds is 10. The maximum atomic E-state index is 2.45. The molecule has 0 N–H and O–H groups in total. The summed E-state index contributed by atoms with van der Waals surface area (Å²) in [4.78, 5) is 4.90. The molecule has 0 amide bonds. The van der Waals surface area contributed by atoms with Crippen molar-refractivity contribution in [3.63, 3.8) is 0 Å². The van der Waals surface area contributed by atoms with E-state index in [0.717, 1.165) is 32.6 Å². The van der Waals surface area contributed by atoms with Crippen LogP contribution < -0.4 is 0 Å². The van der Waals surface area contributed by atoms with E-state index in [0.29, 0.717) is 0 Å². The second-order valence-corrected chi connectivity index (χ2v) is 11.8. The summed E-state index contributed by atoms with van der Waals surface area (Å²) in [6, 6.07) is 27.3. The van der Waals surface area contributed by atoms with E-state index < -0.39 is 0 Å². The van der Waals surface area contributed by atoms with Crippen molar-refractivity contribution in [2.75, 3.05) is 27.2 Å². The van der Waals surface area contributed by atoms with Crippen LogP contribution in [0.2, 0.25) is 0 Å². The molecule has 4 aromatic rings. The fraction of sp³-hybridized carbons (Fsp3) is 0.351. The van der Waals surface area contributed by atoms with E-state index in [4.69, 9.17) is 0 Å². The maximum Gasteiger partial charge on any atom is 0.0230 e. The van der Waals surface area contributed by atoms with Crippen molar-refractivity contribution in [2.45, 2.75) is 61.1 Å². The molecule has 0 saturated carbocycles. The molecule has 0 aliphatic heterocycles. The lowest BCUT2D eigenvalue weighted by Crippen LogP contribution is -2.25. The Morgan fingerprint density at radius 1 is 0.487 bits per heavy atom. The highest BCUT2D eigenvalue weighted by Crippen LogP contribution is 2.30. The topological polar surface area (TPSA) is 6.48 Å². The first kappa shape index (κ1) is 28.8. The van der Waals surface area contributed by atoms with Gasteiger partial charge in [0.25, 0.3) is 0 Å². The van der Waals surface area contributed by atoms with E-state index in [1.807, 2.05) is 0 Å². The van der Waals surface area contributed by atoms with Gasteiger partial charge < -0.3 is 9.80 Å². The summed E-state index contributed by atoms with van der Waals surface area (Å²) in [5.41, 5.74) is 16.3. The summed E-state index contributed by atoms with van der Waals surface area (Å²) >= 11 is 0. The third-order valence-corrected chi connectivity index (χ3v) is 7.77. The van der Waals surface area contributed by atoms with Gasteiger partial charge >= 0.3 is 0 Å². The Bertz CT molecular complexity index is 1280. The molecule has 4 aromatic carbocycles. The highest BCUT2D eigenvalue weighted by Gasteiger charge is 2.10. The van der Waals surface area contributed by atoms with Gasteiger partial charge in [-0.3, -0.25) is 0 Å². The molecule has 0 aliphatic carbocycles. The van der Waals surface area contributed by atoms with E-state index in [2.05, 4.69) is 138 Å². The third kappa shape index (κ3) is 7.47. The largest absolute Gasteiger partial charge is 0.302 e. The van der Waals surface area contributed by atoms with Gasteiger partial charge in [0.1, 0.15) is 0 Å². The first-order valence-electron chi connectivity index (χ1n) is 14.3. The van der Waals surface area contributed by atoms with Gasteiger partial charge in [0, 0.05) is 13.1 Å². The van der Waals surface area contributed by atoms with Crippen LogP contribution in [0, 0.1) is 41.5 Å². The molecule has 4 rings (SSSR count). The highest BCUT2D eigenvalue weighted by molar-refractivity contribution is 5.72. The van der Waals surface area contributed by atoms with Crippen molar-refractivity contribution in [3.05, 3.63) is 117 Å². The monoisotopic (exact) mass is 518 g/mol. The first-order valence-corrected chi connectivity index (χ1v) is 14.3. The molecule has 0 spiro atoms. The van der Waals surface area contributed by atoms with Crippen molar-refractivity contribution in [2.24, 2.45) is 0 Å². The molecule has 39 heavy (non-hydrogen) atoms. The molecule has 0 bridgehead atoms. The molecule has 2 heteroatoms. The number of aryl methyl sites for hydroxylation is 6. The Morgan fingerprint density at radius 3 is 1.21 bits per heavy atom. The fourth-order valence-electron chi connectivity index (χ4n) is 6.31. The van der Waals surface area contributed by atoms with E-state index in [1.54, 1.807) is 0 Å². The highest BCUT2D eigenvalue weighted by atomic mass is 15.1. The minimum absolute atomic E-state index is 0.971. The molecule has 0 radical (unpaired) electrons. The number of nitrogens with zero attached hydrogens (tertiary/aromatic N) is 2. The zero-order valence-corrected chi connectivity index (χ0v) is 25.4. The predicted octanol–water partition coefficient (Wildman–Crippen LogP) is 8.83. The van der Waals surface area contributed by atoms with Crippen molar-refractivity contribution in [1.82, 2.24) is 9.80 Å². The predicted molar refractivity (Wildman–Crippen MR) is 169 cm³/mol. The van der Waals surface area contributed by atoms with Crippen LogP contribution in [0.25, 0.3) is 22.3 Å². The number of benzene rings is 4. The van der Waals surface area contributed by atoms with E-state index >= 15 is 0 Å². The zero-order chi connectivity index (χ0) is 28.1. The third-order valence-electron chi connectivity index (χ3n) is 7.77. The Hall–Kier alpha value is -3.20. The average molecular weight is 519 g/mol. The summed E-state index contributed by atoms with van der Waals surface area (Å²) in [5, 5.41) is 0. The lowest BCUT2D eigenvalue weighted by atomic mass is 9.93. The molecule has 0 atom stereocenters. The molecule has 0 saturated heterocycles. The molecule has 2 nitrogen and oxygen atoms in total. The Kier molecular flexibility index (Phi) is 9.43. The quantitative estimate of drug-likeness (QED) is 0.207. The van der Waals surface area contributed by atoms with Crippen LogP contribution in [0.5, 0.6) is 0 Å². The van der Waals surface area contributed by atoms with Crippen LogP contribution in [0.3, 0.4) is 0 Å². The number of hydrogen-bond acceptors (Lipinski definition) is 2. The first-order chi connectivity index (χ1) is 18.6. The fourth-order valence-corrected chi connectivity index (χ4v) is 6.31. The average Bonchev–Trinajstić information content (AvgIpc) is 2.83. The van der Waals surface area contributed by atoms with Crippen molar-refractivity contribution in [3.8, 4) is 22.3 Å². The normalized spacial score (nSPS) is 11.5. The second kappa shape index (κ2) is 12.8. The summed E-state index contributed by atoms with van der Waals surface area (Å²) in [6.07, 6.45) is 1.15. The van der Waals surface area contributed by atoms with Crippen LogP contribution in [0.4, 0.5) is 0 Å². The van der Waals surface area contributed by atoms with Gasteiger partial charge in [-0.2, -0.15) is 0 Å². The van der Waals surface area contributed by atoms with E-state index in [9.17, 15) is 0 Å². The van der Waals surface area contributed by atoms with Crippen molar-refractivity contribution in [1.29, 1.82) is 0 Å². The minimum Gasteiger partial charge on any atom is -0.302 e. The molecule has 204 valence electrons. The molecule has 0 unspecified atom stereocenters. The van der Waals surface area contributed by atoms with Crippen LogP contribution in [0.15, 0.2) is 72.8 Å². The van der Waals surface area contributed by atoms with Gasteiger partial charge in [-0.15, -0.1) is 0 Å². The van der Waals surface area contributed by atoms with Crippen molar-refractivity contribution >= 4 is 0 Å². The molecule has 0 aliphatic rings. The molecule has 0 fully saturated rings. The Balaban J connectivity index is 1.31. The summed E-state index contributed by atoms with van der Waals surface area (Å²) in [7, 11) is 4.48. The van der Waals surface area contributed by atoms with Crippen molar-refractivity contribution < 1.29 is 0 Å². The number of hydrogen-bond donors (Lipinski definition) is 0. The summed E-state index contributed by atoms with van der Waals surface area (Å²) in [5.74, 6) is 0. The van der Waals surface area contributed by atoms with Crippen LogP contribution >= 0.6 is 0 Å². The lowest BCUT2D eigenvalue weighted by Gasteiger charge is -2.21. The van der Waals surface area contributed by atoms with Gasteiger partial charge in [0.05, 0.1) is 0 Å². The maximum absolute atomic E-state index is 2.45.